The topological polar surface area (TPSA) is 91.3 Å². The third-order valence-corrected chi connectivity index (χ3v) is 4.98. The summed E-state index contributed by atoms with van der Waals surface area (Å²) in [6.07, 6.45) is 0. The summed E-state index contributed by atoms with van der Waals surface area (Å²) in [6.45, 7) is 10.0. The molecule has 1 aliphatic rings. The van der Waals surface area contributed by atoms with Crippen molar-refractivity contribution in [1.29, 1.82) is 0 Å². The molecule has 0 saturated carbocycles. The van der Waals surface area contributed by atoms with Crippen molar-refractivity contribution >= 4 is 11.8 Å². The number of aryl methyl sites for hydroxylation is 1. The largest absolute Gasteiger partial charge is 0.346 e. The van der Waals surface area contributed by atoms with Gasteiger partial charge in [-0.1, -0.05) is 0 Å². The molecule has 1 fully saturated rings. The fraction of sp³-hybridized carbons (Fsp3) is 0.474. The fourth-order valence-electron chi connectivity index (χ4n) is 3.70. The Morgan fingerprint density at radius 1 is 1.04 bits per heavy atom. The highest BCUT2D eigenvalue weighted by Gasteiger charge is 2.28. The molecule has 8 heteroatoms. The van der Waals surface area contributed by atoms with Crippen molar-refractivity contribution in [2.75, 3.05) is 26.2 Å². The zero-order chi connectivity index (χ0) is 19.7. The zero-order valence-corrected chi connectivity index (χ0v) is 16.2. The number of rotatable bonds is 3. The maximum absolute atomic E-state index is 12.9. The summed E-state index contributed by atoms with van der Waals surface area (Å²) < 4.78 is 2.16. The SMILES string of the molecule is Cc1cc(C(=O)N2CCN(C(=O)c3ccc(=O)[nH]n3)CC2)c(C)n1C(C)C. The maximum atomic E-state index is 12.9. The van der Waals surface area contributed by atoms with E-state index >= 15 is 0 Å². The minimum Gasteiger partial charge on any atom is -0.346 e. The summed E-state index contributed by atoms with van der Waals surface area (Å²) >= 11 is 0. The molecule has 0 atom stereocenters. The molecule has 2 aromatic heterocycles. The first-order valence-corrected chi connectivity index (χ1v) is 9.12. The van der Waals surface area contributed by atoms with Crippen LogP contribution in [-0.2, 0) is 0 Å². The van der Waals surface area contributed by atoms with Gasteiger partial charge in [-0.25, -0.2) is 5.10 Å². The van der Waals surface area contributed by atoms with Crippen LogP contribution >= 0.6 is 0 Å². The van der Waals surface area contributed by atoms with E-state index in [1.807, 2.05) is 19.9 Å². The van der Waals surface area contributed by atoms with Crippen molar-refractivity contribution < 1.29 is 9.59 Å². The Morgan fingerprint density at radius 2 is 1.63 bits per heavy atom. The fourth-order valence-corrected chi connectivity index (χ4v) is 3.70. The third-order valence-electron chi connectivity index (χ3n) is 4.98. The second-order valence-corrected chi connectivity index (χ2v) is 7.14. The first-order chi connectivity index (χ1) is 12.8. The molecule has 0 aliphatic carbocycles. The second-order valence-electron chi connectivity index (χ2n) is 7.14. The lowest BCUT2D eigenvalue weighted by molar-refractivity contribution is 0.0531. The summed E-state index contributed by atoms with van der Waals surface area (Å²) in [5, 5.41) is 6.05. The van der Waals surface area contributed by atoms with Crippen LogP contribution in [0.1, 0.15) is 52.1 Å². The number of nitrogens with zero attached hydrogens (tertiary/aromatic N) is 4. The second kappa shape index (κ2) is 7.38. The van der Waals surface area contributed by atoms with Crippen LogP contribution in [0, 0.1) is 13.8 Å². The summed E-state index contributed by atoms with van der Waals surface area (Å²) in [5.74, 6) is -0.236. The molecule has 0 spiro atoms. The molecule has 144 valence electrons. The lowest BCUT2D eigenvalue weighted by Gasteiger charge is -2.34. The van der Waals surface area contributed by atoms with Crippen LogP contribution in [0.5, 0.6) is 0 Å². The Kier molecular flexibility index (Phi) is 5.16. The smallest absolute Gasteiger partial charge is 0.274 e. The Balaban J connectivity index is 1.68. The molecule has 2 amide bonds. The number of carbonyl (C=O) groups is 2. The van der Waals surface area contributed by atoms with Gasteiger partial charge in [0.1, 0.15) is 5.69 Å². The minimum atomic E-state index is -0.346. The van der Waals surface area contributed by atoms with E-state index in [-0.39, 0.29) is 23.1 Å². The quantitative estimate of drug-likeness (QED) is 0.882. The predicted molar refractivity (Wildman–Crippen MR) is 101 cm³/mol. The van der Waals surface area contributed by atoms with Gasteiger partial charge < -0.3 is 14.4 Å². The Morgan fingerprint density at radius 3 is 2.11 bits per heavy atom. The molecule has 0 unspecified atom stereocenters. The highest BCUT2D eigenvalue weighted by molar-refractivity contribution is 5.96. The van der Waals surface area contributed by atoms with Crippen molar-refractivity contribution in [1.82, 2.24) is 24.6 Å². The normalized spacial score (nSPS) is 14.7. The molecule has 0 radical (unpaired) electrons. The van der Waals surface area contributed by atoms with Crippen LogP contribution in [0.3, 0.4) is 0 Å². The summed E-state index contributed by atoms with van der Waals surface area (Å²) in [4.78, 5) is 39.9. The monoisotopic (exact) mass is 371 g/mol. The first kappa shape index (κ1) is 18.9. The molecule has 3 rings (SSSR count). The molecule has 8 nitrogen and oxygen atoms in total. The van der Waals surface area contributed by atoms with Gasteiger partial charge in [0, 0.05) is 49.7 Å². The van der Waals surface area contributed by atoms with Crippen LogP contribution in [0.15, 0.2) is 23.0 Å². The number of hydrogen-bond acceptors (Lipinski definition) is 4. The molecule has 27 heavy (non-hydrogen) atoms. The van der Waals surface area contributed by atoms with Gasteiger partial charge in [0.25, 0.3) is 17.4 Å². The standard InChI is InChI=1S/C19H25N5O3/c1-12(2)24-13(3)11-15(14(24)4)18(26)22-7-9-23(10-8-22)19(27)16-5-6-17(25)21-20-16/h5-6,11-12H,7-10H2,1-4H3,(H,21,25). The third kappa shape index (κ3) is 3.65. The van der Waals surface area contributed by atoms with Crippen LogP contribution in [0.25, 0.3) is 0 Å². The van der Waals surface area contributed by atoms with Crippen LogP contribution in [0.2, 0.25) is 0 Å². The molecular weight excluding hydrogens is 346 g/mol. The van der Waals surface area contributed by atoms with Crippen molar-refractivity contribution in [3.05, 3.63) is 51.2 Å². The zero-order valence-electron chi connectivity index (χ0n) is 16.2. The summed E-state index contributed by atoms with van der Waals surface area (Å²) in [7, 11) is 0. The van der Waals surface area contributed by atoms with E-state index in [0.29, 0.717) is 32.2 Å². The molecule has 0 aromatic carbocycles. The molecular formula is C19H25N5O3. The first-order valence-electron chi connectivity index (χ1n) is 9.12. The Labute approximate surface area is 157 Å². The van der Waals surface area contributed by atoms with Crippen molar-refractivity contribution in [3.63, 3.8) is 0 Å². The number of nitrogens with one attached hydrogen (secondary N) is 1. The number of H-pyrrole nitrogens is 1. The number of aromatic nitrogens is 3. The maximum Gasteiger partial charge on any atom is 0.274 e. The van der Waals surface area contributed by atoms with Crippen molar-refractivity contribution in [2.45, 2.75) is 33.7 Å². The van der Waals surface area contributed by atoms with Crippen LogP contribution < -0.4 is 5.56 Å². The lowest BCUT2D eigenvalue weighted by Crippen LogP contribution is -2.50. The van der Waals surface area contributed by atoms with Gasteiger partial charge in [-0.15, -0.1) is 0 Å². The molecule has 1 aliphatic heterocycles. The molecule has 1 saturated heterocycles. The Bertz CT molecular complexity index is 899. The highest BCUT2D eigenvalue weighted by Crippen LogP contribution is 2.22. The van der Waals surface area contributed by atoms with Crippen LogP contribution in [0.4, 0.5) is 0 Å². The predicted octanol–water partition coefficient (Wildman–Crippen LogP) is 1.37. The van der Waals surface area contributed by atoms with Crippen LogP contribution in [-0.4, -0.2) is 62.6 Å². The van der Waals surface area contributed by atoms with E-state index in [0.717, 1.165) is 17.0 Å². The molecule has 3 heterocycles. The van der Waals surface area contributed by atoms with E-state index in [1.54, 1.807) is 9.80 Å². The van der Waals surface area contributed by atoms with E-state index in [2.05, 4.69) is 28.6 Å². The van der Waals surface area contributed by atoms with Gasteiger partial charge in [0.05, 0.1) is 5.56 Å². The number of hydrogen-bond donors (Lipinski definition) is 1. The molecule has 1 N–H and O–H groups in total. The van der Waals surface area contributed by atoms with E-state index in [4.69, 9.17) is 0 Å². The number of carbonyl (C=O) groups excluding carboxylic acids is 2. The van der Waals surface area contributed by atoms with Gasteiger partial charge in [-0.2, -0.15) is 5.10 Å². The van der Waals surface area contributed by atoms with E-state index < -0.39 is 0 Å². The van der Waals surface area contributed by atoms with Crippen molar-refractivity contribution in [3.8, 4) is 0 Å². The minimum absolute atomic E-state index is 0.00395. The van der Waals surface area contributed by atoms with Gasteiger partial charge >= 0.3 is 0 Å². The lowest BCUT2D eigenvalue weighted by atomic mass is 10.2. The summed E-state index contributed by atoms with van der Waals surface area (Å²) in [5.41, 5.74) is 2.63. The number of aromatic amines is 1. The highest BCUT2D eigenvalue weighted by atomic mass is 16.2. The van der Waals surface area contributed by atoms with E-state index in [1.165, 1.54) is 12.1 Å². The van der Waals surface area contributed by atoms with E-state index in [9.17, 15) is 14.4 Å². The summed E-state index contributed by atoms with van der Waals surface area (Å²) in [6, 6.07) is 4.94. The number of piperazine rings is 1. The number of amides is 2. The van der Waals surface area contributed by atoms with Gasteiger partial charge in [-0.05, 0) is 39.8 Å². The Hall–Kier alpha value is -2.90. The van der Waals surface area contributed by atoms with Crippen molar-refractivity contribution in [2.24, 2.45) is 0 Å². The van der Waals surface area contributed by atoms with Gasteiger partial charge in [0.2, 0.25) is 0 Å². The average Bonchev–Trinajstić information content (AvgIpc) is 2.95. The average molecular weight is 371 g/mol. The van der Waals surface area contributed by atoms with Gasteiger partial charge in [0.15, 0.2) is 0 Å². The van der Waals surface area contributed by atoms with Gasteiger partial charge in [-0.3, -0.25) is 14.4 Å². The molecule has 2 aromatic rings. The molecule has 0 bridgehead atoms.